The summed E-state index contributed by atoms with van der Waals surface area (Å²) < 4.78 is 5.38. The molecule has 1 heterocycles. The van der Waals surface area contributed by atoms with Crippen LogP contribution in [-0.4, -0.2) is 61.7 Å². The largest absolute Gasteiger partial charge is 0.394 e. The summed E-state index contributed by atoms with van der Waals surface area (Å²) in [6, 6.07) is 13.9. The highest BCUT2D eigenvalue weighted by Crippen LogP contribution is 2.45. The summed E-state index contributed by atoms with van der Waals surface area (Å²) in [6.07, 6.45) is -4.66. The molecule has 2 aromatic carbocycles. The molecule has 0 amide bonds. The maximum atomic E-state index is 11.0. The van der Waals surface area contributed by atoms with Crippen LogP contribution in [0.4, 0.5) is 0 Å². The number of hydrogen-bond donors (Lipinski definition) is 6. The third kappa shape index (κ3) is 3.86. The maximum Gasteiger partial charge on any atom is 0.222 e. The highest BCUT2D eigenvalue weighted by molar-refractivity contribution is 5.45. The summed E-state index contributed by atoms with van der Waals surface area (Å²) in [7, 11) is 0. The van der Waals surface area contributed by atoms with Gasteiger partial charge in [-0.2, -0.15) is 5.26 Å². The van der Waals surface area contributed by atoms with Crippen LogP contribution in [0.15, 0.2) is 42.5 Å². The zero-order valence-electron chi connectivity index (χ0n) is 16.7. The first-order valence-electron chi connectivity index (χ1n) is 10.1. The van der Waals surface area contributed by atoms with E-state index >= 15 is 0 Å². The summed E-state index contributed by atoms with van der Waals surface area (Å²) in [6.45, 7) is -0.672. The third-order valence-corrected chi connectivity index (χ3v) is 6.21. The van der Waals surface area contributed by atoms with Crippen LogP contribution in [0, 0.1) is 11.3 Å². The van der Waals surface area contributed by atoms with Gasteiger partial charge in [0.05, 0.1) is 23.8 Å². The Bertz CT molecular complexity index is 996. The van der Waals surface area contributed by atoms with Crippen molar-refractivity contribution < 1.29 is 35.4 Å². The van der Waals surface area contributed by atoms with E-state index in [4.69, 9.17) is 4.74 Å². The van der Waals surface area contributed by atoms with Gasteiger partial charge in [-0.3, -0.25) is 0 Å². The van der Waals surface area contributed by atoms with Crippen LogP contribution >= 0.6 is 0 Å². The fourth-order valence-electron chi connectivity index (χ4n) is 4.02. The number of nitriles is 1. The lowest BCUT2D eigenvalue weighted by Crippen LogP contribution is -2.63. The molecule has 0 unspecified atom stereocenters. The van der Waals surface area contributed by atoms with Gasteiger partial charge in [0.1, 0.15) is 24.4 Å². The van der Waals surface area contributed by atoms with Crippen LogP contribution in [0.3, 0.4) is 0 Å². The monoisotopic (exact) mass is 427 g/mol. The zero-order valence-corrected chi connectivity index (χ0v) is 16.7. The molecule has 0 bridgehead atoms. The number of benzene rings is 2. The van der Waals surface area contributed by atoms with E-state index in [9.17, 15) is 35.9 Å². The normalized spacial score (nSPS) is 31.8. The molecule has 6 N–H and O–H groups in total. The molecular formula is C23H25NO7. The first-order chi connectivity index (χ1) is 14.7. The smallest absolute Gasteiger partial charge is 0.222 e. The van der Waals surface area contributed by atoms with Crippen LogP contribution < -0.4 is 0 Å². The van der Waals surface area contributed by atoms with Crippen molar-refractivity contribution >= 4 is 0 Å². The van der Waals surface area contributed by atoms with Crippen molar-refractivity contribution in [3.63, 3.8) is 0 Å². The quantitative estimate of drug-likeness (QED) is 0.382. The fraction of sp³-hybridized carbons (Fsp3) is 0.435. The molecule has 1 saturated carbocycles. The number of aliphatic hydroxyl groups excluding tert-OH is 4. The predicted molar refractivity (Wildman–Crippen MR) is 107 cm³/mol. The third-order valence-electron chi connectivity index (χ3n) is 6.21. The van der Waals surface area contributed by atoms with Gasteiger partial charge in [0.15, 0.2) is 0 Å². The van der Waals surface area contributed by atoms with E-state index in [1.807, 2.05) is 24.3 Å². The molecule has 1 aliphatic carbocycles. The Kier molecular flexibility index (Phi) is 5.62. The van der Waals surface area contributed by atoms with Gasteiger partial charge in [0.25, 0.3) is 0 Å². The van der Waals surface area contributed by atoms with Crippen LogP contribution in [-0.2, 0) is 22.5 Å². The Hall–Kier alpha value is -2.35. The number of aliphatic hydroxyl groups is 6. The van der Waals surface area contributed by atoms with Gasteiger partial charge in [0, 0.05) is 5.56 Å². The van der Waals surface area contributed by atoms with E-state index < -0.39 is 42.4 Å². The highest BCUT2D eigenvalue weighted by atomic mass is 16.7. The van der Waals surface area contributed by atoms with Crippen LogP contribution in [0.25, 0.3) is 0 Å². The molecule has 8 heteroatoms. The van der Waals surface area contributed by atoms with Gasteiger partial charge in [0.2, 0.25) is 5.79 Å². The second-order valence-corrected chi connectivity index (χ2v) is 8.35. The highest BCUT2D eigenvalue weighted by Gasteiger charge is 2.53. The summed E-state index contributed by atoms with van der Waals surface area (Å²) in [5.41, 5.74) is 2.00. The Morgan fingerprint density at radius 3 is 2.19 bits per heavy atom. The summed E-state index contributed by atoms with van der Waals surface area (Å²) in [4.78, 5) is 0. The molecule has 164 valence electrons. The average Bonchev–Trinajstić information content (AvgIpc) is 3.53. The first-order valence-corrected chi connectivity index (χ1v) is 10.1. The van der Waals surface area contributed by atoms with Gasteiger partial charge >= 0.3 is 0 Å². The van der Waals surface area contributed by atoms with E-state index in [2.05, 4.69) is 6.07 Å². The molecule has 2 aliphatic rings. The number of nitrogens with zero attached hydrogens (tertiary/aromatic N) is 1. The van der Waals surface area contributed by atoms with Crippen molar-refractivity contribution in [2.24, 2.45) is 0 Å². The number of ether oxygens (including phenoxy) is 1. The van der Waals surface area contributed by atoms with Crippen LogP contribution in [0.5, 0.6) is 0 Å². The van der Waals surface area contributed by atoms with E-state index in [0.29, 0.717) is 17.5 Å². The Balaban J connectivity index is 1.65. The Morgan fingerprint density at radius 2 is 1.61 bits per heavy atom. The van der Waals surface area contributed by atoms with E-state index in [0.717, 1.165) is 24.0 Å². The van der Waals surface area contributed by atoms with Crippen molar-refractivity contribution in [2.75, 3.05) is 6.61 Å². The Morgan fingerprint density at radius 1 is 0.968 bits per heavy atom. The van der Waals surface area contributed by atoms with Crippen LogP contribution in [0.2, 0.25) is 0 Å². The molecule has 0 spiro atoms. The van der Waals surface area contributed by atoms with E-state index in [-0.39, 0.29) is 5.56 Å². The Labute approximate surface area is 179 Å². The minimum Gasteiger partial charge on any atom is -0.394 e. The maximum absolute atomic E-state index is 11.0. The van der Waals surface area contributed by atoms with Crippen LogP contribution in [0.1, 0.15) is 40.7 Å². The fourth-order valence-corrected chi connectivity index (χ4v) is 4.02. The second-order valence-electron chi connectivity index (χ2n) is 8.35. The molecule has 0 aromatic heterocycles. The molecule has 1 saturated heterocycles. The molecule has 2 aromatic rings. The molecule has 0 radical (unpaired) electrons. The molecule has 8 nitrogen and oxygen atoms in total. The second kappa shape index (κ2) is 7.97. The van der Waals surface area contributed by atoms with Crippen molar-refractivity contribution in [1.82, 2.24) is 0 Å². The predicted octanol–water partition coefficient (Wildman–Crippen LogP) is -0.251. The molecular weight excluding hydrogens is 402 g/mol. The van der Waals surface area contributed by atoms with Crippen molar-refractivity contribution in [3.05, 3.63) is 70.3 Å². The minimum atomic E-state index is -2.38. The first kappa shape index (κ1) is 21.9. The number of rotatable bonds is 5. The van der Waals surface area contributed by atoms with Crippen molar-refractivity contribution in [3.8, 4) is 6.07 Å². The number of hydrogen-bond acceptors (Lipinski definition) is 8. The molecule has 31 heavy (non-hydrogen) atoms. The summed E-state index contributed by atoms with van der Waals surface area (Å²) in [5.74, 6) is -2.38. The SMILES string of the molecule is N#Cc1ccc([C@]2(O)O[C@H](CO)[C@@H](O)[C@H](O)[C@H]2O)cc1Cc1ccc(C2(O)CC2)cc1. The van der Waals surface area contributed by atoms with Gasteiger partial charge < -0.3 is 35.4 Å². The molecule has 4 rings (SSSR count). The van der Waals surface area contributed by atoms with Gasteiger partial charge in [-0.05, 0) is 48.1 Å². The lowest BCUT2D eigenvalue weighted by molar-refractivity contribution is -0.357. The van der Waals surface area contributed by atoms with E-state index in [1.165, 1.54) is 18.2 Å². The van der Waals surface area contributed by atoms with Gasteiger partial charge in [-0.25, -0.2) is 0 Å². The average molecular weight is 427 g/mol. The summed E-state index contributed by atoms with van der Waals surface area (Å²) >= 11 is 0. The minimum absolute atomic E-state index is 0.0855. The van der Waals surface area contributed by atoms with Crippen molar-refractivity contribution in [2.45, 2.75) is 55.1 Å². The standard InChI is InChI=1S/C23H25NO7/c24-11-14-3-6-17(23(30)21(28)20(27)19(26)18(12-25)31-23)10-15(14)9-13-1-4-16(5-2-13)22(29)7-8-22/h1-6,10,18-21,25-30H,7-9,12H2/t18-,19-,20+,21-,23+/m1/s1. The van der Waals surface area contributed by atoms with Gasteiger partial charge in [-0.15, -0.1) is 0 Å². The van der Waals surface area contributed by atoms with E-state index in [1.54, 1.807) is 0 Å². The lowest BCUT2D eigenvalue weighted by Gasteiger charge is -2.45. The zero-order chi connectivity index (χ0) is 22.4. The summed E-state index contributed by atoms with van der Waals surface area (Å²) in [5, 5.41) is 70.6. The molecule has 1 aliphatic heterocycles. The van der Waals surface area contributed by atoms with Crippen molar-refractivity contribution in [1.29, 1.82) is 5.26 Å². The lowest BCUT2D eigenvalue weighted by atomic mass is 9.86. The molecule has 2 fully saturated rings. The molecule has 5 atom stereocenters. The topological polar surface area (TPSA) is 154 Å². The van der Waals surface area contributed by atoms with Gasteiger partial charge in [-0.1, -0.05) is 30.3 Å².